The van der Waals surface area contributed by atoms with Crippen LogP contribution < -0.4 is 0 Å². The van der Waals surface area contributed by atoms with Crippen LogP contribution in [0.2, 0.25) is 0 Å². The van der Waals surface area contributed by atoms with Gasteiger partial charge in [0.15, 0.2) is 0 Å². The summed E-state index contributed by atoms with van der Waals surface area (Å²) in [5, 5.41) is 0. The van der Waals surface area contributed by atoms with Gasteiger partial charge in [0.2, 0.25) is 0 Å². The van der Waals surface area contributed by atoms with Crippen LogP contribution in [0.15, 0.2) is 0 Å². The molecule has 1 saturated heterocycles. The number of ether oxygens (including phenoxy) is 2. The molecule has 0 aliphatic carbocycles. The molecule has 0 spiro atoms. The van der Waals surface area contributed by atoms with Crippen LogP contribution in [-0.4, -0.2) is 24.1 Å². The number of esters is 2. The topological polar surface area (TPSA) is 52.6 Å². The molecule has 4 heteroatoms. The van der Waals surface area contributed by atoms with Crippen molar-refractivity contribution < 1.29 is 19.1 Å². The number of cyclic esters (lactones) is 1. The lowest BCUT2D eigenvalue weighted by atomic mass is 9.66. The first-order valence-electron chi connectivity index (χ1n) is 7.64. The lowest BCUT2D eigenvalue weighted by molar-refractivity contribution is -0.164. The number of carbonyl (C=O) groups excluding carboxylic acids is 2. The predicted molar refractivity (Wildman–Crippen MR) is 77.1 cm³/mol. The van der Waals surface area contributed by atoms with E-state index in [1.165, 1.54) is 0 Å². The molecule has 2 atom stereocenters. The highest BCUT2D eigenvalue weighted by molar-refractivity contribution is 5.89. The van der Waals surface area contributed by atoms with Gasteiger partial charge in [0.25, 0.3) is 0 Å². The van der Waals surface area contributed by atoms with E-state index in [2.05, 4.69) is 6.92 Å². The van der Waals surface area contributed by atoms with Crippen molar-refractivity contribution in [1.82, 2.24) is 0 Å². The van der Waals surface area contributed by atoms with E-state index in [9.17, 15) is 9.59 Å². The maximum Gasteiger partial charge on any atom is 0.314 e. The summed E-state index contributed by atoms with van der Waals surface area (Å²) in [6.45, 7) is 11.8. The fourth-order valence-corrected chi connectivity index (χ4v) is 3.20. The first-order valence-corrected chi connectivity index (χ1v) is 7.64. The quantitative estimate of drug-likeness (QED) is 0.702. The molecule has 20 heavy (non-hydrogen) atoms. The van der Waals surface area contributed by atoms with E-state index in [0.717, 1.165) is 12.8 Å². The van der Waals surface area contributed by atoms with Crippen molar-refractivity contribution in [3.05, 3.63) is 0 Å². The zero-order chi connectivity index (χ0) is 15.6. The maximum atomic E-state index is 12.4. The summed E-state index contributed by atoms with van der Waals surface area (Å²) in [6.07, 6.45) is 2.64. The molecule has 0 aromatic heterocycles. The standard InChI is InChI=1S/C16H28O4/c1-7-9-10-16(11(3)4)12(13(17)19-8-2)15(5,6)14(18)20-16/h11-12H,7-10H2,1-6H3/t12-,16-/m1/s1. The van der Waals surface area contributed by atoms with E-state index >= 15 is 0 Å². The van der Waals surface area contributed by atoms with Gasteiger partial charge in [-0.25, -0.2) is 0 Å². The highest BCUT2D eigenvalue weighted by Crippen LogP contribution is 2.52. The molecule has 0 N–H and O–H groups in total. The highest BCUT2D eigenvalue weighted by atomic mass is 16.6. The Hall–Kier alpha value is -1.06. The average Bonchev–Trinajstić information content (AvgIpc) is 2.55. The van der Waals surface area contributed by atoms with Gasteiger partial charge < -0.3 is 9.47 Å². The summed E-state index contributed by atoms with van der Waals surface area (Å²) in [5.74, 6) is -1.06. The summed E-state index contributed by atoms with van der Waals surface area (Å²) >= 11 is 0. The van der Waals surface area contributed by atoms with Crippen molar-refractivity contribution in [1.29, 1.82) is 0 Å². The number of hydrogen-bond donors (Lipinski definition) is 0. The van der Waals surface area contributed by atoms with Crippen molar-refractivity contribution in [3.8, 4) is 0 Å². The minimum Gasteiger partial charge on any atom is -0.466 e. The average molecular weight is 284 g/mol. The number of unbranched alkanes of at least 4 members (excludes halogenated alkanes) is 1. The third kappa shape index (κ3) is 2.70. The molecule has 0 unspecified atom stereocenters. The van der Waals surface area contributed by atoms with Crippen LogP contribution in [0, 0.1) is 17.3 Å². The Kier molecular flexibility index (Phi) is 5.22. The van der Waals surface area contributed by atoms with Crippen LogP contribution >= 0.6 is 0 Å². The Morgan fingerprint density at radius 2 is 1.95 bits per heavy atom. The fourth-order valence-electron chi connectivity index (χ4n) is 3.20. The third-order valence-electron chi connectivity index (χ3n) is 4.44. The smallest absolute Gasteiger partial charge is 0.314 e. The number of hydrogen-bond acceptors (Lipinski definition) is 4. The Bertz CT molecular complexity index is 373. The molecule has 116 valence electrons. The van der Waals surface area contributed by atoms with Gasteiger partial charge in [0.05, 0.1) is 12.0 Å². The molecule has 0 saturated carbocycles. The molecule has 1 aliphatic heterocycles. The molecule has 4 nitrogen and oxygen atoms in total. The summed E-state index contributed by atoms with van der Waals surface area (Å²) in [6, 6.07) is 0. The lowest BCUT2D eigenvalue weighted by Crippen LogP contribution is -2.48. The molecule has 1 rings (SSSR count). The summed E-state index contributed by atoms with van der Waals surface area (Å²) in [5.41, 5.74) is -1.56. The minimum atomic E-state index is -0.829. The lowest BCUT2D eigenvalue weighted by Gasteiger charge is -2.38. The Balaban J connectivity index is 3.24. The van der Waals surface area contributed by atoms with Crippen molar-refractivity contribution in [2.75, 3.05) is 6.61 Å². The monoisotopic (exact) mass is 284 g/mol. The van der Waals surface area contributed by atoms with Crippen molar-refractivity contribution in [3.63, 3.8) is 0 Å². The molecule has 0 aromatic carbocycles. The van der Waals surface area contributed by atoms with Crippen LogP contribution in [0.25, 0.3) is 0 Å². The molecule has 1 heterocycles. The van der Waals surface area contributed by atoms with Gasteiger partial charge in [-0.3, -0.25) is 9.59 Å². The third-order valence-corrected chi connectivity index (χ3v) is 4.44. The van der Waals surface area contributed by atoms with Crippen molar-refractivity contribution in [2.24, 2.45) is 17.3 Å². The van der Waals surface area contributed by atoms with Crippen LogP contribution in [0.5, 0.6) is 0 Å². The fraction of sp³-hybridized carbons (Fsp3) is 0.875. The molecular formula is C16H28O4. The maximum absolute atomic E-state index is 12.4. The predicted octanol–water partition coefficient (Wildman–Crippen LogP) is 3.33. The van der Waals surface area contributed by atoms with E-state index in [0.29, 0.717) is 13.0 Å². The van der Waals surface area contributed by atoms with Crippen LogP contribution in [-0.2, 0) is 19.1 Å². The molecular weight excluding hydrogens is 256 g/mol. The second kappa shape index (κ2) is 6.15. The molecule has 0 bridgehead atoms. The van der Waals surface area contributed by atoms with Gasteiger partial charge in [-0.1, -0.05) is 27.2 Å². The van der Waals surface area contributed by atoms with Gasteiger partial charge in [-0.15, -0.1) is 0 Å². The largest absolute Gasteiger partial charge is 0.466 e. The van der Waals surface area contributed by atoms with Crippen molar-refractivity contribution >= 4 is 11.9 Å². The van der Waals surface area contributed by atoms with E-state index in [1.807, 2.05) is 13.8 Å². The van der Waals surface area contributed by atoms with Gasteiger partial charge in [0.1, 0.15) is 11.5 Å². The highest BCUT2D eigenvalue weighted by Gasteiger charge is 2.64. The number of carbonyl (C=O) groups is 2. The molecule has 0 radical (unpaired) electrons. The second-order valence-electron chi connectivity index (χ2n) is 6.51. The van der Waals surface area contributed by atoms with Gasteiger partial charge >= 0.3 is 11.9 Å². The van der Waals surface area contributed by atoms with Gasteiger partial charge in [-0.2, -0.15) is 0 Å². The van der Waals surface area contributed by atoms with E-state index in [1.54, 1.807) is 20.8 Å². The normalized spacial score (nSPS) is 28.6. The molecule has 1 fully saturated rings. The molecule has 0 aromatic rings. The van der Waals surface area contributed by atoms with Crippen molar-refractivity contribution in [2.45, 2.75) is 66.4 Å². The zero-order valence-electron chi connectivity index (χ0n) is 13.6. The van der Waals surface area contributed by atoms with Gasteiger partial charge in [-0.05, 0) is 39.5 Å². The van der Waals surface area contributed by atoms with Crippen LogP contribution in [0.3, 0.4) is 0 Å². The first kappa shape index (κ1) is 17.0. The summed E-state index contributed by atoms with van der Waals surface area (Å²) in [4.78, 5) is 24.7. The van der Waals surface area contributed by atoms with Crippen LogP contribution in [0.1, 0.15) is 60.8 Å². The molecule has 1 aliphatic rings. The first-order chi connectivity index (χ1) is 9.24. The zero-order valence-corrected chi connectivity index (χ0v) is 13.6. The van der Waals surface area contributed by atoms with Crippen LogP contribution in [0.4, 0.5) is 0 Å². The van der Waals surface area contributed by atoms with E-state index < -0.39 is 16.9 Å². The summed E-state index contributed by atoms with van der Waals surface area (Å²) < 4.78 is 11.0. The second-order valence-corrected chi connectivity index (χ2v) is 6.51. The summed E-state index contributed by atoms with van der Waals surface area (Å²) in [7, 11) is 0. The Morgan fingerprint density at radius 3 is 2.40 bits per heavy atom. The number of rotatable bonds is 6. The Labute approximate surface area is 122 Å². The SMILES string of the molecule is CCCC[C@]1(C(C)C)OC(=O)C(C)(C)[C@H]1C(=O)OCC. The van der Waals surface area contributed by atoms with E-state index in [4.69, 9.17) is 9.47 Å². The van der Waals surface area contributed by atoms with E-state index in [-0.39, 0.29) is 17.9 Å². The minimum absolute atomic E-state index is 0.0779. The van der Waals surface area contributed by atoms with Gasteiger partial charge in [0, 0.05) is 0 Å². The molecule has 0 amide bonds. The Morgan fingerprint density at radius 1 is 1.35 bits per heavy atom.